The van der Waals surface area contributed by atoms with Crippen LogP contribution in [0.15, 0.2) is 42.5 Å². The normalized spacial score (nSPS) is 11.1. The highest BCUT2D eigenvalue weighted by Crippen LogP contribution is 2.25. The Morgan fingerprint density at radius 3 is 2.48 bits per heavy atom. The average Bonchev–Trinajstić information content (AvgIpc) is 2.48. The van der Waals surface area contributed by atoms with Gasteiger partial charge in [0.15, 0.2) is 0 Å². The summed E-state index contributed by atoms with van der Waals surface area (Å²) in [5.74, 6) is -1.22. The molecule has 23 heavy (non-hydrogen) atoms. The second-order valence-corrected chi connectivity index (χ2v) is 7.25. The topological polar surface area (TPSA) is 66.5 Å². The molecule has 2 aromatic rings. The van der Waals surface area contributed by atoms with Crippen LogP contribution in [0.5, 0.6) is 0 Å². The number of rotatable bonds is 4. The summed E-state index contributed by atoms with van der Waals surface area (Å²) in [5.41, 5.74) is 0.328. The Morgan fingerprint density at radius 1 is 1.22 bits per heavy atom. The van der Waals surface area contributed by atoms with Gasteiger partial charge >= 0.3 is 0 Å². The van der Waals surface area contributed by atoms with Crippen LogP contribution in [0.1, 0.15) is 10.4 Å². The fraction of sp³-hybridized carbons (Fsp3) is 0.133. The minimum Gasteiger partial charge on any atom is -0.319 e. The van der Waals surface area contributed by atoms with Crippen molar-refractivity contribution >= 4 is 38.9 Å². The molecule has 0 saturated carbocycles. The number of carbonyl (C=O) groups is 1. The summed E-state index contributed by atoms with van der Waals surface area (Å²) in [7, 11) is -2.12. The van der Waals surface area contributed by atoms with E-state index in [0.717, 1.165) is 10.6 Å². The molecule has 8 heteroatoms. The molecule has 0 fully saturated rings. The summed E-state index contributed by atoms with van der Waals surface area (Å²) in [5, 5.41) is 2.54. The lowest BCUT2D eigenvalue weighted by Gasteiger charge is -2.18. The van der Waals surface area contributed by atoms with E-state index in [0.29, 0.717) is 0 Å². The number of hydrogen-bond acceptors (Lipinski definition) is 3. The lowest BCUT2D eigenvalue weighted by atomic mass is 10.1. The quantitative estimate of drug-likeness (QED) is 0.915. The first-order valence-corrected chi connectivity index (χ1v) is 8.72. The molecule has 5 nitrogen and oxygen atoms in total. The highest BCUT2D eigenvalue weighted by molar-refractivity contribution is 7.92. The maximum Gasteiger partial charge on any atom is 0.257 e. The molecule has 0 atom stereocenters. The van der Waals surface area contributed by atoms with Crippen molar-refractivity contribution in [2.75, 3.05) is 22.9 Å². The van der Waals surface area contributed by atoms with E-state index in [9.17, 15) is 17.6 Å². The van der Waals surface area contributed by atoms with Crippen LogP contribution >= 0.6 is 11.6 Å². The van der Waals surface area contributed by atoms with Crippen molar-refractivity contribution < 1.29 is 17.6 Å². The number of para-hydroxylation sites is 1. The van der Waals surface area contributed by atoms with E-state index in [2.05, 4.69) is 5.32 Å². The Hall–Kier alpha value is -2.12. The van der Waals surface area contributed by atoms with Crippen LogP contribution in [0.3, 0.4) is 0 Å². The van der Waals surface area contributed by atoms with Gasteiger partial charge in [0.1, 0.15) is 5.82 Å². The Labute approximate surface area is 138 Å². The molecular formula is C15H14ClFN2O3S. The zero-order valence-corrected chi connectivity index (χ0v) is 14.0. The molecule has 1 N–H and O–H groups in total. The van der Waals surface area contributed by atoms with Crippen LogP contribution in [0.4, 0.5) is 15.8 Å². The number of anilines is 2. The lowest BCUT2D eigenvalue weighted by molar-refractivity contribution is 0.102. The van der Waals surface area contributed by atoms with Gasteiger partial charge in [-0.2, -0.15) is 0 Å². The molecule has 0 bridgehead atoms. The summed E-state index contributed by atoms with van der Waals surface area (Å²) in [6.45, 7) is 0. The number of carbonyl (C=O) groups excluding carboxylic acids is 1. The van der Waals surface area contributed by atoms with Gasteiger partial charge < -0.3 is 5.32 Å². The van der Waals surface area contributed by atoms with Crippen molar-refractivity contribution in [2.45, 2.75) is 0 Å². The van der Waals surface area contributed by atoms with E-state index in [1.807, 2.05) is 0 Å². The Bertz CT molecular complexity index is 856. The van der Waals surface area contributed by atoms with Crippen molar-refractivity contribution in [3.8, 4) is 0 Å². The first-order chi connectivity index (χ1) is 10.7. The monoisotopic (exact) mass is 356 g/mol. The second kappa shape index (κ2) is 6.55. The molecule has 0 spiro atoms. The van der Waals surface area contributed by atoms with Gasteiger partial charge in [-0.3, -0.25) is 9.10 Å². The number of halogens is 2. The van der Waals surface area contributed by atoms with Gasteiger partial charge in [-0.15, -0.1) is 0 Å². The van der Waals surface area contributed by atoms with E-state index < -0.39 is 21.7 Å². The van der Waals surface area contributed by atoms with Crippen LogP contribution in [0.2, 0.25) is 5.02 Å². The van der Waals surface area contributed by atoms with Gasteiger partial charge in [-0.05, 0) is 30.3 Å². The standard InChI is InChI=1S/C15H14ClFN2O3S/c1-19(23(2,21)22)10-7-8-12(16)11(9-10)15(20)18-14-6-4-3-5-13(14)17/h3-9H,1-2H3,(H,18,20). The molecule has 0 aliphatic rings. The van der Waals surface area contributed by atoms with E-state index in [1.165, 1.54) is 43.4 Å². The molecule has 0 heterocycles. The number of nitrogens with one attached hydrogen (secondary N) is 1. The van der Waals surface area contributed by atoms with Gasteiger partial charge in [0, 0.05) is 7.05 Å². The average molecular weight is 357 g/mol. The molecule has 122 valence electrons. The molecule has 0 radical (unpaired) electrons. The van der Waals surface area contributed by atoms with Crippen molar-refractivity contribution in [1.82, 2.24) is 0 Å². The van der Waals surface area contributed by atoms with Crippen molar-refractivity contribution in [3.05, 3.63) is 58.9 Å². The number of benzene rings is 2. The maximum absolute atomic E-state index is 13.6. The molecule has 2 rings (SSSR count). The van der Waals surface area contributed by atoms with E-state index in [-0.39, 0.29) is 22.0 Å². The van der Waals surface area contributed by atoms with Crippen LogP contribution in [0.25, 0.3) is 0 Å². The van der Waals surface area contributed by atoms with Gasteiger partial charge in [0.25, 0.3) is 5.91 Å². The largest absolute Gasteiger partial charge is 0.319 e. The fourth-order valence-corrected chi connectivity index (χ4v) is 2.53. The van der Waals surface area contributed by atoms with Crippen molar-refractivity contribution in [1.29, 1.82) is 0 Å². The molecule has 0 saturated heterocycles. The van der Waals surface area contributed by atoms with Crippen LogP contribution in [0, 0.1) is 5.82 Å². The molecule has 0 aromatic heterocycles. The van der Waals surface area contributed by atoms with Crippen LogP contribution in [-0.2, 0) is 10.0 Å². The number of amides is 1. The Balaban J connectivity index is 2.35. The second-order valence-electron chi connectivity index (χ2n) is 4.83. The predicted molar refractivity (Wildman–Crippen MR) is 89.1 cm³/mol. The fourth-order valence-electron chi connectivity index (χ4n) is 1.83. The van der Waals surface area contributed by atoms with E-state index in [4.69, 9.17) is 11.6 Å². The lowest BCUT2D eigenvalue weighted by Crippen LogP contribution is -2.25. The number of hydrogen-bond donors (Lipinski definition) is 1. The molecule has 2 aromatic carbocycles. The molecule has 0 aliphatic carbocycles. The highest BCUT2D eigenvalue weighted by Gasteiger charge is 2.17. The summed E-state index contributed by atoms with van der Waals surface area (Å²) in [6, 6.07) is 9.92. The molecular weight excluding hydrogens is 343 g/mol. The van der Waals surface area contributed by atoms with Crippen molar-refractivity contribution in [3.63, 3.8) is 0 Å². The summed E-state index contributed by atoms with van der Waals surface area (Å²) in [6.07, 6.45) is 1.04. The number of sulfonamides is 1. The molecule has 0 aliphatic heterocycles. The summed E-state index contributed by atoms with van der Waals surface area (Å²) in [4.78, 5) is 12.3. The van der Waals surface area contributed by atoms with E-state index in [1.54, 1.807) is 6.07 Å². The minimum atomic E-state index is -3.48. The Kier molecular flexibility index (Phi) is 4.91. The molecule has 1 amide bonds. The number of nitrogens with zero attached hydrogens (tertiary/aromatic N) is 1. The third-order valence-electron chi connectivity index (χ3n) is 3.18. The third kappa shape index (κ3) is 4.00. The van der Waals surface area contributed by atoms with Gasteiger partial charge in [0.05, 0.1) is 28.2 Å². The van der Waals surface area contributed by atoms with Crippen LogP contribution in [-0.4, -0.2) is 27.6 Å². The summed E-state index contributed by atoms with van der Waals surface area (Å²) >= 11 is 5.99. The van der Waals surface area contributed by atoms with Gasteiger partial charge in [0.2, 0.25) is 10.0 Å². The zero-order valence-electron chi connectivity index (χ0n) is 12.4. The van der Waals surface area contributed by atoms with Crippen molar-refractivity contribution in [2.24, 2.45) is 0 Å². The first-order valence-electron chi connectivity index (χ1n) is 6.49. The minimum absolute atomic E-state index is 0.00966. The van der Waals surface area contributed by atoms with Gasteiger partial charge in [-0.1, -0.05) is 23.7 Å². The van der Waals surface area contributed by atoms with Gasteiger partial charge in [-0.25, -0.2) is 12.8 Å². The predicted octanol–water partition coefficient (Wildman–Crippen LogP) is 3.13. The Morgan fingerprint density at radius 2 is 1.87 bits per heavy atom. The van der Waals surface area contributed by atoms with Crippen LogP contribution < -0.4 is 9.62 Å². The zero-order chi connectivity index (χ0) is 17.2. The van der Waals surface area contributed by atoms with E-state index >= 15 is 0 Å². The smallest absolute Gasteiger partial charge is 0.257 e. The SMILES string of the molecule is CN(c1ccc(Cl)c(C(=O)Nc2ccccc2F)c1)S(C)(=O)=O. The molecule has 0 unspecified atom stereocenters. The maximum atomic E-state index is 13.6. The first kappa shape index (κ1) is 17.2. The highest BCUT2D eigenvalue weighted by atomic mass is 35.5. The third-order valence-corrected chi connectivity index (χ3v) is 4.71. The summed E-state index contributed by atoms with van der Waals surface area (Å²) < 4.78 is 37.8.